The summed E-state index contributed by atoms with van der Waals surface area (Å²) in [6.07, 6.45) is 1.55. The minimum atomic E-state index is -0.537. The van der Waals surface area contributed by atoms with E-state index in [4.69, 9.17) is 16.0 Å². The number of hydrogen-bond donors (Lipinski definition) is 1. The lowest BCUT2D eigenvalue weighted by molar-refractivity contribution is 0.491. The van der Waals surface area contributed by atoms with Gasteiger partial charge in [-0.15, -0.1) is 10.2 Å². The summed E-state index contributed by atoms with van der Waals surface area (Å²) in [7, 11) is 1.88. The van der Waals surface area contributed by atoms with Crippen LogP contribution in [0.5, 0.6) is 0 Å². The highest BCUT2D eigenvalue weighted by atomic mass is 35.5. The molecular weight excluding hydrogens is 257 g/mol. The van der Waals surface area contributed by atoms with Crippen LogP contribution in [0.2, 0.25) is 5.02 Å². The first-order valence-electron chi connectivity index (χ1n) is 5.63. The molecule has 0 fully saturated rings. The molecule has 1 aromatic carbocycles. The molecule has 0 aliphatic carbocycles. The zero-order valence-electron chi connectivity index (χ0n) is 9.91. The molecule has 1 heterocycles. The van der Waals surface area contributed by atoms with Crippen LogP contribution in [-0.2, 0) is 6.42 Å². The van der Waals surface area contributed by atoms with Gasteiger partial charge in [0.05, 0.1) is 10.6 Å². The second-order valence-electron chi connectivity index (χ2n) is 3.81. The highest BCUT2D eigenvalue weighted by molar-refractivity contribution is 6.31. The van der Waals surface area contributed by atoms with Gasteiger partial charge in [-0.25, -0.2) is 4.39 Å². The van der Waals surface area contributed by atoms with E-state index in [1.54, 1.807) is 12.1 Å². The van der Waals surface area contributed by atoms with E-state index in [9.17, 15) is 4.39 Å². The zero-order valence-corrected chi connectivity index (χ0v) is 10.7. The first kappa shape index (κ1) is 13.0. The Balaban J connectivity index is 2.16. The van der Waals surface area contributed by atoms with Gasteiger partial charge in [0.1, 0.15) is 0 Å². The van der Waals surface area contributed by atoms with Gasteiger partial charge in [-0.05, 0) is 32.1 Å². The van der Waals surface area contributed by atoms with Crippen LogP contribution in [-0.4, -0.2) is 23.8 Å². The lowest BCUT2D eigenvalue weighted by atomic mass is 10.2. The van der Waals surface area contributed by atoms with Crippen molar-refractivity contribution in [2.24, 2.45) is 0 Å². The second-order valence-corrected chi connectivity index (χ2v) is 4.22. The molecule has 18 heavy (non-hydrogen) atoms. The SMILES string of the molecule is CNCCCc1nnc(-c2cccc(Cl)c2F)o1. The van der Waals surface area contributed by atoms with E-state index in [2.05, 4.69) is 15.5 Å². The largest absolute Gasteiger partial charge is 0.421 e. The van der Waals surface area contributed by atoms with Gasteiger partial charge in [0.2, 0.25) is 5.89 Å². The van der Waals surface area contributed by atoms with Crippen LogP contribution >= 0.6 is 11.6 Å². The van der Waals surface area contributed by atoms with Crippen LogP contribution in [0.4, 0.5) is 4.39 Å². The minimum Gasteiger partial charge on any atom is -0.421 e. The zero-order chi connectivity index (χ0) is 13.0. The molecule has 6 heteroatoms. The molecule has 2 aromatic rings. The number of halogens is 2. The van der Waals surface area contributed by atoms with Crippen LogP contribution in [0.15, 0.2) is 22.6 Å². The van der Waals surface area contributed by atoms with Crippen molar-refractivity contribution < 1.29 is 8.81 Å². The normalized spacial score (nSPS) is 10.8. The summed E-state index contributed by atoms with van der Waals surface area (Å²) in [5.41, 5.74) is 0.231. The Morgan fingerprint density at radius 2 is 2.22 bits per heavy atom. The van der Waals surface area contributed by atoms with Crippen LogP contribution < -0.4 is 5.32 Å². The molecule has 96 valence electrons. The van der Waals surface area contributed by atoms with Crippen LogP contribution in [0.1, 0.15) is 12.3 Å². The summed E-state index contributed by atoms with van der Waals surface area (Å²) < 4.78 is 19.1. The van der Waals surface area contributed by atoms with Crippen molar-refractivity contribution in [3.05, 3.63) is 34.9 Å². The number of nitrogens with one attached hydrogen (secondary N) is 1. The molecule has 0 atom stereocenters. The number of rotatable bonds is 5. The number of benzene rings is 1. The topological polar surface area (TPSA) is 51.0 Å². The van der Waals surface area contributed by atoms with Crippen LogP contribution in [0, 0.1) is 5.82 Å². The third-order valence-electron chi connectivity index (χ3n) is 2.47. The van der Waals surface area contributed by atoms with Gasteiger partial charge >= 0.3 is 0 Å². The molecule has 1 N–H and O–H groups in total. The monoisotopic (exact) mass is 269 g/mol. The average Bonchev–Trinajstić information content (AvgIpc) is 2.82. The molecular formula is C12H13ClFN3O. The van der Waals surface area contributed by atoms with E-state index in [1.807, 2.05) is 7.05 Å². The fraction of sp³-hybridized carbons (Fsp3) is 0.333. The summed E-state index contributed by atoms with van der Waals surface area (Å²) in [5.74, 6) is 0.124. The van der Waals surface area contributed by atoms with Gasteiger partial charge in [-0.1, -0.05) is 17.7 Å². The third kappa shape index (κ3) is 2.86. The maximum atomic E-state index is 13.7. The molecule has 0 saturated heterocycles. The average molecular weight is 270 g/mol. The van der Waals surface area contributed by atoms with Crippen LogP contribution in [0.3, 0.4) is 0 Å². The first-order valence-corrected chi connectivity index (χ1v) is 6.01. The minimum absolute atomic E-state index is 0.0439. The number of hydrogen-bond acceptors (Lipinski definition) is 4. The molecule has 0 aliphatic heterocycles. The number of aryl methyl sites for hydroxylation is 1. The van der Waals surface area contributed by atoms with E-state index in [1.165, 1.54) is 6.07 Å². The number of nitrogens with zero attached hydrogens (tertiary/aromatic N) is 2. The van der Waals surface area contributed by atoms with Gasteiger partial charge < -0.3 is 9.73 Å². The van der Waals surface area contributed by atoms with E-state index in [-0.39, 0.29) is 16.5 Å². The third-order valence-corrected chi connectivity index (χ3v) is 2.76. The molecule has 0 bridgehead atoms. The Bertz CT molecular complexity index is 530. The molecule has 2 rings (SSSR count). The molecule has 0 radical (unpaired) electrons. The predicted octanol–water partition coefficient (Wildman–Crippen LogP) is 2.68. The predicted molar refractivity (Wildman–Crippen MR) is 66.9 cm³/mol. The summed E-state index contributed by atoms with van der Waals surface area (Å²) in [6.45, 7) is 0.864. The summed E-state index contributed by atoms with van der Waals surface area (Å²) in [4.78, 5) is 0. The van der Waals surface area contributed by atoms with Crippen molar-refractivity contribution in [3.8, 4) is 11.5 Å². The fourth-order valence-corrected chi connectivity index (χ4v) is 1.72. The van der Waals surface area contributed by atoms with Gasteiger partial charge in [-0.2, -0.15) is 0 Å². The Labute approximate surface area is 109 Å². The summed E-state index contributed by atoms with van der Waals surface area (Å²) >= 11 is 5.70. The molecule has 4 nitrogen and oxygen atoms in total. The van der Waals surface area contributed by atoms with E-state index < -0.39 is 5.82 Å². The molecule has 1 aromatic heterocycles. The van der Waals surface area contributed by atoms with Crippen molar-refractivity contribution in [2.75, 3.05) is 13.6 Å². The van der Waals surface area contributed by atoms with Crippen molar-refractivity contribution in [1.29, 1.82) is 0 Å². The van der Waals surface area contributed by atoms with Crippen molar-refractivity contribution in [2.45, 2.75) is 12.8 Å². The molecule has 0 aliphatic rings. The summed E-state index contributed by atoms with van der Waals surface area (Å²) in [6, 6.07) is 4.68. The van der Waals surface area contributed by atoms with Gasteiger partial charge in [-0.3, -0.25) is 0 Å². The first-order chi connectivity index (χ1) is 8.72. The lowest BCUT2D eigenvalue weighted by Crippen LogP contribution is -2.08. The Morgan fingerprint density at radius 3 is 3.00 bits per heavy atom. The molecule has 0 unspecified atom stereocenters. The Hall–Kier alpha value is -1.46. The standard InChI is InChI=1S/C12H13ClFN3O/c1-15-7-3-6-10-16-17-12(18-10)8-4-2-5-9(13)11(8)14/h2,4-5,15H,3,6-7H2,1H3. The quantitative estimate of drug-likeness (QED) is 0.848. The highest BCUT2D eigenvalue weighted by Gasteiger charge is 2.14. The van der Waals surface area contributed by atoms with Gasteiger partial charge in [0.25, 0.3) is 5.89 Å². The smallest absolute Gasteiger partial charge is 0.250 e. The van der Waals surface area contributed by atoms with Crippen molar-refractivity contribution in [1.82, 2.24) is 15.5 Å². The Morgan fingerprint density at radius 1 is 1.39 bits per heavy atom. The fourth-order valence-electron chi connectivity index (χ4n) is 1.55. The van der Waals surface area contributed by atoms with E-state index in [0.29, 0.717) is 12.3 Å². The summed E-state index contributed by atoms with van der Waals surface area (Å²) in [5, 5.41) is 10.8. The maximum absolute atomic E-state index is 13.7. The van der Waals surface area contributed by atoms with Crippen molar-refractivity contribution in [3.63, 3.8) is 0 Å². The Kier molecular flexibility index (Phi) is 4.28. The lowest BCUT2D eigenvalue weighted by Gasteiger charge is -1.99. The van der Waals surface area contributed by atoms with Crippen LogP contribution in [0.25, 0.3) is 11.5 Å². The van der Waals surface area contributed by atoms with Gasteiger partial charge in [0.15, 0.2) is 5.82 Å². The second kappa shape index (κ2) is 5.93. The highest BCUT2D eigenvalue weighted by Crippen LogP contribution is 2.26. The van der Waals surface area contributed by atoms with Gasteiger partial charge in [0, 0.05) is 6.42 Å². The molecule has 0 spiro atoms. The molecule has 0 saturated carbocycles. The number of aromatic nitrogens is 2. The maximum Gasteiger partial charge on any atom is 0.250 e. The van der Waals surface area contributed by atoms with E-state index in [0.717, 1.165) is 13.0 Å². The van der Waals surface area contributed by atoms with Crippen molar-refractivity contribution >= 4 is 11.6 Å². The molecule has 0 amide bonds. The van der Waals surface area contributed by atoms with E-state index >= 15 is 0 Å².